The number of amidine groups is 1. The molecule has 2 atom stereocenters. The van der Waals surface area contributed by atoms with Gasteiger partial charge < -0.3 is 19.9 Å². The lowest BCUT2D eigenvalue weighted by molar-refractivity contribution is -0.122. The molecule has 2 N–H and O–H groups in total. The van der Waals surface area contributed by atoms with E-state index in [0.29, 0.717) is 17.1 Å². The van der Waals surface area contributed by atoms with Crippen LogP contribution in [-0.2, 0) is 4.79 Å². The fraction of sp³-hybridized carbons (Fsp3) is 0.391. The predicted octanol–water partition coefficient (Wildman–Crippen LogP) is 2.71. The molecule has 0 aromatic heterocycles. The molecular formula is C23H26FN5O2. The number of ether oxygens (including phenoxy) is 1. The van der Waals surface area contributed by atoms with Gasteiger partial charge >= 0.3 is 0 Å². The lowest BCUT2D eigenvalue weighted by Crippen LogP contribution is -2.55. The molecule has 2 aromatic carbocycles. The molecular weight excluding hydrogens is 397 g/mol. The molecule has 0 radical (unpaired) electrons. The number of benzene rings is 2. The lowest BCUT2D eigenvalue weighted by Gasteiger charge is -2.42. The number of hydrogen-bond acceptors (Lipinski definition) is 6. The minimum absolute atomic E-state index is 0.162. The number of nitrogens with one attached hydrogen (secondary N) is 2. The second-order valence-corrected chi connectivity index (χ2v) is 8.12. The van der Waals surface area contributed by atoms with Gasteiger partial charge in [0.15, 0.2) is 5.84 Å². The smallest absolute Gasteiger partial charge is 0.262 e. The van der Waals surface area contributed by atoms with E-state index in [0.717, 1.165) is 43.0 Å². The Kier molecular flexibility index (Phi) is 5.02. The summed E-state index contributed by atoms with van der Waals surface area (Å²) in [6.45, 7) is 6.81. The molecule has 2 aromatic rings. The summed E-state index contributed by atoms with van der Waals surface area (Å²) in [5.74, 6) is 0.864. The third-order valence-corrected chi connectivity index (χ3v) is 6.33. The van der Waals surface area contributed by atoms with Crippen LogP contribution in [0, 0.1) is 5.82 Å². The van der Waals surface area contributed by atoms with Gasteiger partial charge in [0.1, 0.15) is 24.2 Å². The van der Waals surface area contributed by atoms with Crippen molar-refractivity contribution < 1.29 is 13.9 Å². The summed E-state index contributed by atoms with van der Waals surface area (Å²) in [7, 11) is 0. The summed E-state index contributed by atoms with van der Waals surface area (Å²) in [5.41, 5.74) is 5.63. The summed E-state index contributed by atoms with van der Waals surface area (Å²) in [6, 6.07) is 10.7. The highest BCUT2D eigenvalue weighted by atomic mass is 19.1. The standard InChI is InChI=1S/C23H26FN5O2/c1-3-15-12-25-8-9-28(15)19-11-20-21(10-17(19)16-6-4-5-7-18(16)24)31-13-22-26-27-23(30)14(2)29(20)22/h4-7,10-11,14-15,25H,3,8-9,12-13H2,1-2H3,(H,27,30)/t14-,15+/m1/s1. The van der Waals surface area contributed by atoms with Crippen LogP contribution in [0.3, 0.4) is 0 Å². The van der Waals surface area contributed by atoms with E-state index in [1.54, 1.807) is 12.1 Å². The molecule has 162 valence electrons. The van der Waals surface area contributed by atoms with Crippen molar-refractivity contribution in [2.75, 3.05) is 36.0 Å². The van der Waals surface area contributed by atoms with Crippen LogP contribution in [0.1, 0.15) is 20.3 Å². The molecule has 1 saturated heterocycles. The van der Waals surface area contributed by atoms with Crippen molar-refractivity contribution in [1.82, 2.24) is 10.7 Å². The van der Waals surface area contributed by atoms with Crippen molar-refractivity contribution in [2.24, 2.45) is 5.10 Å². The van der Waals surface area contributed by atoms with Gasteiger partial charge in [-0.15, -0.1) is 0 Å². The van der Waals surface area contributed by atoms with E-state index in [2.05, 4.69) is 27.7 Å². The summed E-state index contributed by atoms with van der Waals surface area (Å²) >= 11 is 0. The summed E-state index contributed by atoms with van der Waals surface area (Å²) in [6.07, 6.45) is 0.965. The number of fused-ring (bicyclic) bond motifs is 3. The maximum Gasteiger partial charge on any atom is 0.262 e. The van der Waals surface area contributed by atoms with Crippen LogP contribution in [0.4, 0.5) is 15.8 Å². The van der Waals surface area contributed by atoms with Crippen molar-refractivity contribution in [3.8, 4) is 16.9 Å². The summed E-state index contributed by atoms with van der Waals surface area (Å²) < 4.78 is 20.9. The van der Waals surface area contributed by atoms with Gasteiger partial charge in [0.25, 0.3) is 5.91 Å². The van der Waals surface area contributed by atoms with E-state index >= 15 is 0 Å². The van der Waals surface area contributed by atoms with E-state index in [4.69, 9.17) is 4.74 Å². The van der Waals surface area contributed by atoms with E-state index in [-0.39, 0.29) is 24.4 Å². The SMILES string of the molecule is CC[C@H]1CNCCN1c1cc2c(cc1-c1ccccc1F)OCC1=NNC(=O)[C@@H](C)N12. The molecule has 0 bridgehead atoms. The molecule has 0 saturated carbocycles. The minimum Gasteiger partial charge on any atom is -0.483 e. The van der Waals surface area contributed by atoms with Crippen molar-refractivity contribution >= 4 is 23.1 Å². The molecule has 0 unspecified atom stereocenters. The molecule has 1 fully saturated rings. The predicted molar refractivity (Wildman–Crippen MR) is 119 cm³/mol. The highest BCUT2D eigenvalue weighted by molar-refractivity contribution is 6.10. The van der Waals surface area contributed by atoms with Crippen LogP contribution in [0.25, 0.3) is 11.1 Å². The Morgan fingerprint density at radius 3 is 2.87 bits per heavy atom. The number of nitrogens with zero attached hydrogens (tertiary/aromatic N) is 3. The maximum absolute atomic E-state index is 14.9. The average Bonchev–Trinajstić information content (AvgIpc) is 2.80. The molecule has 5 rings (SSSR count). The number of rotatable bonds is 3. The topological polar surface area (TPSA) is 69.2 Å². The molecule has 3 aliphatic heterocycles. The highest BCUT2D eigenvalue weighted by Crippen LogP contribution is 2.45. The second kappa shape index (κ2) is 7.85. The number of halogens is 1. The van der Waals surface area contributed by atoms with Gasteiger partial charge in [-0.3, -0.25) is 4.79 Å². The quantitative estimate of drug-likeness (QED) is 0.795. The first-order valence-corrected chi connectivity index (χ1v) is 10.8. The first kappa shape index (κ1) is 19.8. The molecule has 0 spiro atoms. The highest BCUT2D eigenvalue weighted by Gasteiger charge is 2.37. The van der Waals surface area contributed by atoms with Crippen LogP contribution in [-0.4, -0.2) is 50.1 Å². The summed E-state index contributed by atoms with van der Waals surface area (Å²) in [4.78, 5) is 16.6. The van der Waals surface area contributed by atoms with Crippen molar-refractivity contribution in [2.45, 2.75) is 32.4 Å². The molecule has 1 amide bonds. The van der Waals surface area contributed by atoms with Gasteiger partial charge in [-0.05, 0) is 31.5 Å². The minimum atomic E-state index is -0.410. The monoisotopic (exact) mass is 423 g/mol. The Hall–Kier alpha value is -3.13. The zero-order valence-corrected chi connectivity index (χ0v) is 17.7. The lowest BCUT2D eigenvalue weighted by atomic mass is 9.97. The number of carbonyl (C=O) groups excluding carboxylic acids is 1. The van der Waals surface area contributed by atoms with Crippen LogP contribution in [0.2, 0.25) is 0 Å². The van der Waals surface area contributed by atoms with Gasteiger partial charge in [0.05, 0.1) is 5.69 Å². The van der Waals surface area contributed by atoms with Gasteiger partial charge in [0.2, 0.25) is 0 Å². The number of hydrazone groups is 1. The zero-order chi connectivity index (χ0) is 21.5. The Balaban J connectivity index is 1.71. The Labute approximate surface area is 180 Å². The number of amides is 1. The average molecular weight is 423 g/mol. The molecule has 31 heavy (non-hydrogen) atoms. The Bertz CT molecular complexity index is 1060. The van der Waals surface area contributed by atoms with Gasteiger partial charge in [-0.25, -0.2) is 9.82 Å². The summed E-state index contributed by atoms with van der Waals surface area (Å²) in [5, 5.41) is 7.64. The molecule has 0 aliphatic carbocycles. The Morgan fingerprint density at radius 2 is 2.06 bits per heavy atom. The Morgan fingerprint density at radius 1 is 1.23 bits per heavy atom. The first-order valence-electron chi connectivity index (χ1n) is 10.8. The molecule has 7 nitrogen and oxygen atoms in total. The maximum atomic E-state index is 14.9. The largest absolute Gasteiger partial charge is 0.483 e. The van der Waals surface area contributed by atoms with E-state index in [1.807, 2.05) is 30.0 Å². The van der Waals surface area contributed by atoms with E-state index < -0.39 is 6.04 Å². The third kappa shape index (κ3) is 3.31. The van der Waals surface area contributed by atoms with Crippen molar-refractivity contribution in [3.63, 3.8) is 0 Å². The number of carbonyl (C=O) groups is 1. The van der Waals surface area contributed by atoms with Crippen molar-refractivity contribution in [3.05, 3.63) is 42.2 Å². The van der Waals surface area contributed by atoms with Crippen LogP contribution in [0.15, 0.2) is 41.5 Å². The fourth-order valence-electron chi connectivity index (χ4n) is 4.64. The van der Waals surface area contributed by atoms with Crippen LogP contribution < -0.4 is 25.3 Å². The fourth-order valence-corrected chi connectivity index (χ4v) is 4.64. The van der Waals surface area contributed by atoms with Crippen LogP contribution in [0.5, 0.6) is 5.75 Å². The zero-order valence-electron chi connectivity index (χ0n) is 17.7. The third-order valence-electron chi connectivity index (χ3n) is 6.33. The first-order chi connectivity index (χ1) is 15.1. The van der Waals surface area contributed by atoms with E-state index in [9.17, 15) is 9.18 Å². The number of hydrogen-bond donors (Lipinski definition) is 2. The van der Waals surface area contributed by atoms with Gasteiger partial charge in [-0.2, -0.15) is 5.10 Å². The second-order valence-electron chi connectivity index (χ2n) is 8.12. The van der Waals surface area contributed by atoms with Gasteiger partial charge in [0, 0.05) is 42.5 Å². The van der Waals surface area contributed by atoms with Crippen LogP contribution >= 0.6 is 0 Å². The number of anilines is 2. The van der Waals surface area contributed by atoms with Gasteiger partial charge in [-0.1, -0.05) is 25.1 Å². The number of piperazine rings is 1. The van der Waals surface area contributed by atoms with Crippen molar-refractivity contribution in [1.29, 1.82) is 0 Å². The molecule has 3 heterocycles. The van der Waals surface area contributed by atoms with E-state index in [1.165, 1.54) is 6.07 Å². The normalized spacial score (nSPS) is 22.8. The molecule has 8 heteroatoms. The molecule has 3 aliphatic rings.